The van der Waals surface area contributed by atoms with Gasteiger partial charge in [0, 0.05) is 17.8 Å². The van der Waals surface area contributed by atoms with E-state index in [2.05, 4.69) is 33.2 Å². The normalized spacial score (nSPS) is 31.8. The Kier molecular flexibility index (Phi) is 3.44. The monoisotopic (exact) mass is 271 g/mol. The molecule has 3 nitrogen and oxygen atoms in total. The van der Waals surface area contributed by atoms with Crippen LogP contribution in [0.2, 0.25) is 0 Å². The van der Waals surface area contributed by atoms with Crippen LogP contribution >= 0.6 is 15.9 Å². The highest BCUT2D eigenvalue weighted by atomic mass is 79.9. The second-order valence-electron chi connectivity index (χ2n) is 4.47. The Morgan fingerprint density at radius 2 is 2.33 bits per heavy atom. The van der Waals surface area contributed by atoms with E-state index in [0.717, 1.165) is 5.92 Å². The Morgan fingerprint density at radius 1 is 1.53 bits per heavy atom. The van der Waals surface area contributed by atoms with E-state index >= 15 is 0 Å². The van der Waals surface area contributed by atoms with Crippen molar-refractivity contribution in [2.24, 2.45) is 13.0 Å². The standard InChI is InChI=1S/C11H18BrN3/c1-3-8-4-5-9(12)6-10(8)11-7-13-14-15(11)2/h7-10H,3-6H2,1-2H3. The number of alkyl halides is 1. The van der Waals surface area contributed by atoms with E-state index < -0.39 is 0 Å². The summed E-state index contributed by atoms with van der Waals surface area (Å²) in [7, 11) is 1.99. The Morgan fingerprint density at radius 3 is 2.93 bits per heavy atom. The molecule has 84 valence electrons. The average Bonchev–Trinajstić information content (AvgIpc) is 2.64. The maximum absolute atomic E-state index is 4.04. The van der Waals surface area contributed by atoms with Crippen molar-refractivity contribution in [3.05, 3.63) is 11.9 Å². The Labute approximate surface area is 99.4 Å². The summed E-state index contributed by atoms with van der Waals surface area (Å²) < 4.78 is 1.93. The predicted molar refractivity (Wildman–Crippen MR) is 64.1 cm³/mol. The summed E-state index contributed by atoms with van der Waals surface area (Å²) in [6.45, 7) is 2.29. The molecule has 2 rings (SSSR count). The van der Waals surface area contributed by atoms with Gasteiger partial charge in [0.05, 0.1) is 11.9 Å². The summed E-state index contributed by atoms with van der Waals surface area (Å²) in [4.78, 5) is 0.667. The van der Waals surface area contributed by atoms with Gasteiger partial charge in [-0.2, -0.15) is 0 Å². The van der Waals surface area contributed by atoms with Gasteiger partial charge in [0.1, 0.15) is 0 Å². The molecule has 0 N–H and O–H groups in total. The SMILES string of the molecule is CCC1CCC(Br)CC1c1cnnn1C. The molecule has 3 atom stereocenters. The molecular formula is C11H18BrN3. The van der Waals surface area contributed by atoms with E-state index in [1.165, 1.54) is 31.4 Å². The molecule has 1 saturated carbocycles. The molecule has 1 aromatic rings. The molecule has 1 aliphatic rings. The molecule has 1 aliphatic carbocycles. The van der Waals surface area contributed by atoms with E-state index in [4.69, 9.17) is 0 Å². The van der Waals surface area contributed by atoms with Crippen LogP contribution in [-0.4, -0.2) is 19.8 Å². The Bertz CT molecular complexity index is 323. The third-order valence-electron chi connectivity index (χ3n) is 3.58. The van der Waals surface area contributed by atoms with Crippen LogP contribution in [0.1, 0.15) is 44.2 Å². The average molecular weight is 272 g/mol. The van der Waals surface area contributed by atoms with Crippen LogP contribution in [-0.2, 0) is 7.05 Å². The molecule has 0 aliphatic heterocycles. The summed E-state index contributed by atoms with van der Waals surface area (Å²) in [5.41, 5.74) is 1.30. The van der Waals surface area contributed by atoms with Crippen molar-refractivity contribution in [3.8, 4) is 0 Å². The smallest absolute Gasteiger partial charge is 0.0728 e. The van der Waals surface area contributed by atoms with Crippen molar-refractivity contribution in [2.45, 2.75) is 43.4 Å². The second-order valence-corrected chi connectivity index (χ2v) is 5.76. The Hall–Kier alpha value is -0.380. The lowest BCUT2D eigenvalue weighted by atomic mass is 9.76. The molecule has 0 bridgehead atoms. The molecule has 0 radical (unpaired) electrons. The molecule has 1 fully saturated rings. The van der Waals surface area contributed by atoms with Crippen LogP contribution in [0.4, 0.5) is 0 Å². The highest BCUT2D eigenvalue weighted by molar-refractivity contribution is 9.09. The minimum atomic E-state index is 0.633. The van der Waals surface area contributed by atoms with Crippen molar-refractivity contribution < 1.29 is 0 Å². The minimum Gasteiger partial charge on any atom is -0.252 e. The van der Waals surface area contributed by atoms with E-state index in [0.29, 0.717) is 10.7 Å². The molecule has 0 aromatic carbocycles. The van der Waals surface area contributed by atoms with Gasteiger partial charge in [-0.3, -0.25) is 4.68 Å². The highest BCUT2D eigenvalue weighted by Gasteiger charge is 2.31. The van der Waals surface area contributed by atoms with Gasteiger partial charge in [0.25, 0.3) is 0 Å². The van der Waals surface area contributed by atoms with Gasteiger partial charge in [-0.15, -0.1) is 5.10 Å². The number of hydrogen-bond donors (Lipinski definition) is 0. The first-order valence-electron chi connectivity index (χ1n) is 5.71. The number of aryl methyl sites for hydroxylation is 1. The topological polar surface area (TPSA) is 30.7 Å². The fraction of sp³-hybridized carbons (Fsp3) is 0.818. The van der Waals surface area contributed by atoms with Gasteiger partial charge in [-0.25, -0.2) is 0 Å². The zero-order valence-corrected chi connectivity index (χ0v) is 10.9. The lowest BCUT2D eigenvalue weighted by Crippen LogP contribution is -2.24. The van der Waals surface area contributed by atoms with Gasteiger partial charge in [-0.1, -0.05) is 34.5 Å². The number of aromatic nitrogens is 3. The van der Waals surface area contributed by atoms with Crippen molar-refractivity contribution in [1.29, 1.82) is 0 Å². The summed E-state index contributed by atoms with van der Waals surface area (Å²) in [6, 6.07) is 0. The fourth-order valence-electron chi connectivity index (χ4n) is 2.67. The lowest BCUT2D eigenvalue weighted by molar-refractivity contribution is 0.297. The number of hydrogen-bond acceptors (Lipinski definition) is 2. The van der Waals surface area contributed by atoms with Crippen LogP contribution in [0, 0.1) is 5.92 Å². The van der Waals surface area contributed by atoms with Gasteiger partial charge < -0.3 is 0 Å². The molecule has 0 saturated heterocycles. The van der Waals surface area contributed by atoms with E-state index in [1.807, 2.05) is 17.9 Å². The van der Waals surface area contributed by atoms with Crippen LogP contribution in [0.5, 0.6) is 0 Å². The van der Waals surface area contributed by atoms with Gasteiger partial charge >= 0.3 is 0 Å². The van der Waals surface area contributed by atoms with Gasteiger partial charge in [0.15, 0.2) is 0 Å². The van der Waals surface area contributed by atoms with Crippen LogP contribution in [0.25, 0.3) is 0 Å². The zero-order chi connectivity index (χ0) is 10.8. The van der Waals surface area contributed by atoms with Crippen molar-refractivity contribution >= 4 is 15.9 Å². The van der Waals surface area contributed by atoms with Crippen molar-refractivity contribution in [1.82, 2.24) is 15.0 Å². The van der Waals surface area contributed by atoms with Crippen molar-refractivity contribution in [3.63, 3.8) is 0 Å². The first-order chi connectivity index (χ1) is 7.22. The van der Waals surface area contributed by atoms with E-state index in [-0.39, 0.29) is 0 Å². The molecule has 0 amide bonds. The van der Waals surface area contributed by atoms with E-state index in [9.17, 15) is 0 Å². The highest BCUT2D eigenvalue weighted by Crippen LogP contribution is 2.41. The van der Waals surface area contributed by atoms with Crippen LogP contribution < -0.4 is 0 Å². The van der Waals surface area contributed by atoms with Crippen LogP contribution in [0.15, 0.2) is 6.20 Å². The molecule has 4 heteroatoms. The molecular weight excluding hydrogens is 254 g/mol. The quantitative estimate of drug-likeness (QED) is 0.775. The molecule has 1 heterocycles. The number of halogens is 1. The molecule has 1 aromatic heterocycles. The summed E-state index contributed by atoms with van der Waals surface area (Å²) in [5, 5.41) is 8.03. The maximum Gasteiger partial charge on any atom is 0.0728 e. The van der Waals surface area contributed by atoms with E-state index in [1.54, 1.807) is 0 Å². The minimum absolute atomic E-state index is 0.633. The largest absolute Gasteiger partial charge is 0.252 e. The maximum atomic E-state index is 4.04. The van der Waals surface area contributed by atoms with Crippen LogP contribution in [0.3, 0.4) is 0 Å². The molecule has 3 unspecified atom stereocenters. The number of nitrogens with zero attached hydrogens (tertiary/aromatic N) is 3. The predicted octanol–water partition coefficient (Wildman–Crippen LogP) is 2.87. The summed E-state index contributed by atoms with van der Waals surface area (Å²) >= 11 is 3.75. The first-order valence-corrected chi connectivity index (χ1v) is 6.62. The van der Waals surface area contributed by atoms with Crippen molar-refractivity contribution in [2.75, 3.05) is 0 Å². The molecule has 15 heavy (non-hydrogen) atoms. The third-order valence-corrected chi connectivity index (χ3v) is 4.41. The van der Waals surface area contributed by atoms with Gasteiger partial charge in [-0.05, 0) is 25.2 Å². The zero-order valence-electron chi connectivity index (χ0n) is 9.36. The number of rotatable bonds is 2. The molecule has 0 spiro atoms. The Balaban J connectivity index is 2.20. The lowest BCUT2D eigenvalue weighted by Gasteiger charge is -2.33. The fourth-order valence-corrected chi connectivity index (χ4v) is 3.33. The first kappa shape index (κ1) is 11.1. The van der Waals surface area contributed by atoms with Gasteiger partial charge in [0.2, 0.25) is 0 Å². The summed E-state index contributed by atoms with van der Waals surface area (Å²) in [6.07, 6.45) is 7.04. The summed E-state index contributed by atoms with van der Waals surface area (Å²) in [5.74, 6) is 1.43. The second kappa shape index (κ2) is 4.64. The third kappa shape index (κ3) is 2.25.